The third-order valence-corrected chi connectivity index (χ3v) is 3.88. The highest BCUT2D eigenvalue weighted by molar-refractivity contribution is 14.1. The summed E-state index contributed by atoms with van der Waals surface area (Å²) < 4.78 is 3.91. The van der Waals surface area contributed by atoms with E-state index in [0.717, 1.165) is 25.2 Å². The van der Waals surface area contributed by atoms with Crippen LogP contribution in [0.5, 0.6) is 0 Å². The maximum Gasteiger partial charge on any atom is 0.152 e. The summed E-state index contributed by atoms with van der Waals surface area (Å²) in [4.78, 5) is 0. The minimum Gasteiger partial charge on any atom is -0.394 e. The molecule has 90 valence electrons. The van der Waals surface area contributed by atoms with Crippen molar-refractivity contribution < 1.29 is 0 Å². The maximum atomic E-state index is 5.98. The van der Waals surface area contributed by atoms with Crippen LogP contribution in [0, 0.1) is 10.5 Å². The topological polar surface area (TPSA) is 55.9 Å². The van der Waals surface area contributed by atoms with Crippen LogP contribution < -0.4 is 11.1 Å². The second-order valence-electron chi connectivity index (χ2n) is 3.72. The average molecular weight is 407 g/mol. The van der Waals surface area contributed by atoms with Gasteiger partial charge in [-0.3, -0.25) is 4.68 Å². The van der Waals surface area contributed by atoms with Crippen LogP contribution in [-0.4, -0.2) is 9.78 Å². The number of aromatic nitrogens is 2. The molecule has 1 heterocycles. The van der Waals surface area contributed by atoms with Crippen molar-refractivity contribution in [2.75, 3.05) is 11.1 Å². The third-order valence-electron chi connectivity index (χ3n) is 2.45. The fourth-order valence-corrected chi connectivity index (χ4v) is 2.38. The lowest BCUT2D eigenvalue weighted by Gasteiger charge is -2.10. The zero-order valence-corrected chi connectivity index (χ0v) is 13.2. The van der Waals surface area contributed by atoms with E-state index in [1.807, 2.05) is 32.2 Å². The Morgan fingerprint density at radius 3 is 2.76 bits per heavy atom. The summed E-state index contributed by atoms with van der Waals surface area (Å²) in [5.74, 6) is 0.818. The van der Waals surface area contributed by atoms with Gasteiger partial charge >= 0.3 is 0 Å². The Morgan fingerprint density at radius 2 is 2.18 bits per heavy atom. The molecule has 3 N–H and O–H groups in total. The predicted molar refractivity (Wildman–Crippen MR) is 82.5 cm³/mol. The number of rotatable bonds is 2. The van der Waals surface area contributed by atoms with Gasteiger partial charge in [-0.2, -0.15) is 5.10 Å². The van der Waals surface area contributed by atoms with Crippen LogP contribution in [0.3, 0.4) is 0 Å². The quantitative estimate of drug-likeness (QED) is 0.751. The van der Waals surface area contributed by atoms with Gasteiger partial charge in [-0.15, -0.1) is 0 Å². The molecular weight excluding hydrogens is 395 g/mol. The van der Waals surface area contributed by atoms with Crippen LogP contribution in [0.1, 0.15) is 5.69 Å². The molecule has 0 atom stereocenters. The molecule has 17 heavy (non-hydrogen) atoms. The Labute approximate surface area is 122 Å². The smallest absolute Gasteiger partial charge is 0.152 e. The lowest BCUT2D eigenvalue weighted by atomic mass is 10.3. The van der Waals surface area contributed by atoms with Crippen LogP contribution >= 0.6 is 38.5 Å². The molecule has 0 bridgehead atoms. The van der Waals surface area contributed by atoms with Crippen LogP contribution in [0.2, 0.25) is 0 Å². The number of nitrogens with one attached hydrogen (secondary N) is 1. The highest BCUT2D eigenvalue weighted by Gasteiger charge is 2.11. The summed E-state index contributed by atoms with van der Waals surface area (Å²) in [7, 11) is 1.87. The van der Waals surface area contributed by atoms with E-state index in [0.29, 0.717) is 5.69 Å². The molecule has 2 rings (SSSR count). The molecule has 0 fully saturated rings. The monoisotopic (exact) mass is 406 g/mol. The van der Waals surface area contributed by atoms with Crippen molar-refractivity contribution in [1.29, 1.82) is 0 Å². The van der Waals surface area contributed by atoms with Crippen molar-refractivity contribution in [3.05, 3.63) is 31.9 Å². The van der Waals surface area contributed by atoms with Crippen LogP contribution in [-0.2, 0) is 7.05 Å². The molecule has 2 aromatic rings. The molecule has 0 aliphatic heterocycles. The number of hydrogen-bond acceptors (Lipinski definition) is 3. The van der Waals surface area contributed by atoms with Crippen molar-refractivity contribution in [2.45, 2.75) is 6.92 Å². The Morgan fingerprint density at radius 1 is 1.47 bits per heavy atom. The SMILES string of the molecule is Cc1nn(C)c(Nc2cc(Br)ccc2I)c1N. The Bertz CT molecular complexity index is 565. The molecule has 0 amide bonds. The van der Waals surface area contributed by atoms with Gasteiger partial charge in [-0.1, -0.05) is 15.9 Å². The summed E-state index contributed by atoms with van der Waals surface area (Å²) in [6, 6.07) is 6.06. The predicted octanol–water partition coefficient (Wildman–Crippen LogP) is 3.42. The van der Waals surface area contributed by atoms with Gasteiger partial charge in [0.1, 0.15) is 0 Å². The van der Waals surface area contributed by atoms with Crippen LogP contribution in [0.15, 0.2) is 22.7 Å². The number of nitrogens with zero attached hydrogens (tertiary/aromatic N) is 2. The zero-order chi connectivity index (χ0) is 12.6. The van der Waals surface area contributed by atoms with Crippen molar-refractivity contribution in [3.63, 3.8) is 0 Å². The largest absolute Gasteiger partial charge is 0.394 e. The lowest BCUT2D eigenvalue weighted by Crippen LogP contribution is -2.02. The molecule has 0 unspecified atom stereocenters. The highest BCUT2D eigenvalue weighted by Crippen LogP contribution is 2.29. The molecule has 0 radical (unpaired) electrons. The molecule has 4 nitrogen and oxygen atoms in total. The summed E-state index contributed by atoms with van der Waals surface area (Å²) in [6.45, 7) is 1.90. The first-order valence-electron chi connectivity index (χ1n) is 5.00. The summed E-state index contributed by atoms with van der Waals surface area (Å²) in [5, 5.41) is 7.58. The van der Waals surface area contributed by atoms with Crippen molar-refractivity contribution >= 4 is 55.7 Å². The first kappa shape index (κ1) is 12.7. The van der Waals surface area contributed by atoms with Gasteiger partial charge in [0.15, 0.2) is 5.82 Å². The summed E-state index contributed by atoms with van der Waals surface area (Å²) >= 11 is 5.74. The summed E-state index contributed by atoms with van der Waals surface area (Å²) in [6.07, 6.45) is 0. The van der Waals surface area contributed by atoms with Gasteiger partial charge in [-0.05, 0) is 47.7 Å². The van der Waals surface area contributed by atoms with Gasteiger partial charge in [0.05, 0.1) is 17.1 Å². The second-order valence-corrected chi connectivity index (χ2v) is 5.80. The molecule has 0 aliphatic carbocycles. The van der Waals surface area contributed by atoms with E-state index < -0.39 is 0 Å². The fourth-order valence-electron chi connectivity index (χ4n) is 1.54. The Hall–Kier alpha value is -0.760. The van der Waals surface area contributed by atoms with Gasteiger partial charge in [0.25, 0.3) is 0 Å². The molecule has 6 heteroatoms. The van der Waals surface area contributed by atoms with E-state index in [1.165, 1.54) is 0 Å². The molecular formula is C11H12BrIN4. The van der Waals surface area contributed by atoms with Gasteiger partial charge in [0, 0.05) is 15.1 Å². The fraction of sp³-hybridized carbons (Fsp3) is 0.182. The number of hydrogen-bond donors (Lipinski definition) is 2. The minimum absolute atomic E-state index is 0.684. The third kappa shape index (κ3) is 2.57. The van der Waals surface area contributed by atoms with Crippen LogP contribution in [0.25, 0.3) is 0 Å². The Kier molecular flexibility index (Phi) is 3.62. The number of benzene rings is 1. The van der Waals surface area contributed by atoms with E-state index >= 15 is 0 Å². The standard InChI is InChI=1S/C11H12BrIN4/c1-6-10(14)11(17(2)16-6)15-9-5-7(12)3-4-8(9)13/h3-5,15H,14H2,1-2H3. The number of aryl methyl sites for hydroxylation is 2. The molecule has 1 aromatic carbocycles. The van der Waals surface area contributed by atoms with E-state index in [9.17, 15) is 0 Å². The normalized spacial score (nSPS) is 10.6. The number of nitrogens with two attached hydrogens (primary N) is 1. The molecule has 0 spiro atoms. The van der Waals surface area contributed by atoms with Gasteiger partial charge in [0.2, 0.25) is 0 Å². The molecule has 0 saturated carbocycles. The first-order chi connectivity index (χ1) is 7.99. The van der Waals surface area contributed by atoms with Gasteiger partial charge < -0.3 is 11.1 Å². The van der Waals surface area contributed by atoms with E-state index in [-0.39, 0.29) is 0 Å². The number of anilines is 3. The van der Waals surface area contributed by atoms with Crippen molar-refractivity contribution in [1.82, 2.24) is 9.78 Å². The van der Waals surface area contributed by atoms with Crippen molar-refractivity contribution in [3.8, 4) is 0 Å². The Balaban J connectivity index is 2.41. The number of halogens is 2. The molecule has 1 aromatic heterocycles. The second kappa shape index (κ2) is 4.85. The van der Waals surface area contributed by atoms with Crippen molar-refractivity contribution in [2.24, 2.45) is 7.05 Å². The first-order valence-corrected chi connectivity index (χ1v) is 6.87. The van der Waals surface area contributed by atoms with E-state index in [1.54, 1.807) is 4.68 Å². The highest BCUT2D eigenvalue weighted by atomic mass is 127. The number of nitrogen functional groups attached to an aromatic ring is 1. The van der Waals surface area contributed by atoms with Gasteiger partial charge in [-0.25, -0.2) is 0 Å². The lowest BCUT2D eigenvalue weighted by molar-refractivity contribution is 0.765. The van der Waals surface area contributed by atoms with E-state index in [2.05, 4.69) is 48.9 Å². The summed E-state index contributed by atoms with van der Waals surface area (Å²) in [5.41, 5.74) is 8.51. The molecule has 0 aliphatic rings. The minimum atomic E-state index is 0.684. The molecule has 0 saturated heterocycles. The van der Waals surface area contributed by atoms with Crippen LogP contribution in [0.4, 0.5) is 17.2 Å². The van der Waals surface area contributed by atoms with E-state index in [4.69, 9.17) is 5.73 Å². The maximum absolute atomic E-state index is 5.98. The average Bonchev–Trinajstić information content (AvgIpc) is 2.50. The zero-order valence-electron chi connectivity index (χ0n) is 9.46.